The van der Waals surface area contributed by atoms with Crippen molar-refractivity contribution < 1.29 is 9.72 Å². The topological polar surface area (TPSA) is 81.3 Å². The summed E-state index contributed by atoms with van der Waals surface area (Å²) in [6.07, 6.45) is 3.65. The first kappa shape index (κ1) is 14.7. The van der Waals surface area contributed by atoms with E-state index in [2.05, 4.69) is 5.10 Å². The van der Waals surface area contributed by atoms with Crippen molar-refractivity contribution >= 4 is 17.2 Å². The number of ketones is 1. The number of carbonyl (C=O) groups excluding carboxylic acids is 1. The molecule has 0 unspecified atom stereocenters. The predicted octanol–water partition coefficient (Wildman–Crippen LogP) is 2.17. The average Bonchev–Trinajstić information content (AvgIpc) is 2.83. The Morgan fingerprint density at radius 2 is 2.19 bits per heavy atom. The van der Waals surface area contributed by atoms with Crippen LogP contribution in [0.1, 0.15) is 22.8 Å². The molecule has 0 spiro atoms. The third-order valence-electron chi connectivity index (χ3n) is 3.17. The van der Waals surface area contributed by atoms with Crippen LogP contribution in [-0.2, 0) is 13.6 Å². The van der Waals surface area contributed by atoms with Gasteiger partial charge in [0, 0.05) is 44.2 Å². The molecule has 0 amide bonds. The maximum absolute atomic E-state index is 11.6. The molecular weight excluding hydrogens is 272 g/mol. The van der Waals surface area contributed by atoms with Gasteiger partial charge in [0.1, 0.15) is 0 Å². The van der Waals surface area contributed by atoms with Gasteiger partial charge in [0.2, 0.25) is 0 Å². The number of carbonyl (C=O) groups is 1. The van der Waals surface area contributed by atoms with Crippen LogP contribution < -0.4 is 4.90 Å². The third-order valence-corrected chi connectivity index (χ3v) is 3.17. The largest absolute Gasteiger partial charge is 0.370 e. The van der Waals surface area contributed by atoms with Crippen molar-refractivity contribution in [1.82, 2.24) is 9.78 Å². The molecule has 7 nitrogen and oxygen atoms in total. The van der Waals surface area contributed by atoms with Crippen LogP contribution in [0.25, 0.3) is 0 Å². The molecule has 110 valence electrons. The molecule has 0 aliphatic carbocycles. The first-order valence-electron chi connectivity index (χ1n) is 6.36. The Labute approximate surface area is 121 Å². The van der Waals surface area contributed by atoms with Crippen LogP contribution in [0.5, 0.6) is 0 Å². The van der Waals surface area contributed by atoms with Crippen LogP contribution in [0.3, 0.4) is 0 Å². The minimum Gasteiger partial charge on any atom is -0.370 e. The van der Waals surface area contributed by atoms with Gasteiger partial charge in [-0.3, -0.25) is 19.6 Å². The Morgan fingerprint density at radius 3 is 2.71 bits per heavy atom. The molecule has 0 fully saturated rings. The van der Waals surface area contributed by atoms with Gasteiger partial charge in [-0.05, 0) is 19.1 Å². The van der Waals surface area contributed by atoms with Gasteiger partial charge in [0.15, 0.2) is 5.78 Å². The molecule has 2 aromatic rings. The van der Waals surface area contributed by atoms with Crippen molar-refractivity contribution in [3.8, 4) is 0 Å². The molecule has 0 aliphatic heterocycles. The summed E-state index contributed by atoms with van der Waals surface area (Å²) in [7, 11) is 3.70. The van der Waals surface area contributed by atoms with Crippen molar-refractivity contribution in [2.24, 2.45) is 7.05 Å². The molecule has 0 atom stereocenters. The number of anilines is 1. The fourth-order valence-electron chi connectivity index (χ4n) is 2.12. The lowest BCUT2D eigenvalue weighted by Gasteiger charge is -2.19. The van der Waals surface area contributed by atoms with Gasteiger partial charge in [0.05, 0.1) is 16.7 Å². The SMILES string of the molecule is CC(=O)c1cc(N(C)Cc2cnn(C)c2)ccc1[N+](=O)[O-]. The van der Waals surface area contributed by atoms with Crippen molar-refractivity contribution in [1.29, 1.82) is 0 Å². The molecule has 1 heterocycles. The Morgan fingerprint density at radius 1 is 1.48 bits per heavy atom. The zero-order valence-electron chi connectivity index (χ0n) is 12.1. The number of aromatic nitrogens is 2. The summed E-state index contributed by atoms with van der Waals surface area (Å²) in [6.45, 7) is 1.93. The van der Waals surface area contributed by atoms with Gasteiger partial charge >= 0.3 is 0 Å². The summed E-state index contributed by atoms with van der Waals surface area (Å²) < 4.78 is 1.71. The number of hydrogen-bond acceptors (Lipinski definition) is 5. The van der Waals surface area contributed by atoms with Gasteiger partial charge in [0.25, 0.3) is 5.69 Å². The molecule has 0 radical (unpaired) electrons. The highest BCUT2D eigenvalue weighted by Gasteiger charge is 2.18. The highest BCUT2D eigenvalue weighted by Crippen LogP contribution is 2.25. The summed E-state index contributed by atoms with van der Waals surface area (Å²) >= 11 is 0. The fraction of sp³-hybridized carbons (Fsp3) is 0.286. The average molecular weight is 288 g/mol. The van der Waals surface area contributed by atoms with E-state index in [1.54, 1.807) is 23.0 Å². The van der Waals surface area contributed by atoms with Gasteiger partial charge < -0.3 is 4.90 Å². The van der Waals surface area contributed by atoms with Crippen LogP contribution in [0, 0.1) is 10.1 Å². The summed E-state index contributed by atoms with van der Waals surface area (Å²) in [5.74, 6) is -0.321. The van der Waals surface area contributed by atoms with Gasteiger partial charge in [-0.1, -0.05) is 0 Å². The van der Waals surface area contributed by atoms with E-state index in [-0.39, 0.29) is 17.0 Å². The van der Waals surface area contributed by atoms with E-state index >= 15 is 0 Å². The normalized spacial score (nSPS) is 10.4. The maximum Gasteiger partial charge on any atom is 0.280 e. The number of nitrogens with zero attached hydrogens (tertiary/aromatic N) is 4. The van der Waals surface area contributed by atoms with E-state index in [1.807, 2.05) is 25.2 Å². The van der Waals surface area contributed by atoms with Crippen molar-refractivity contribution in [3.63, 3.8) is 0 Å². The monoisotopic (exact) mass is 288 g/mol. The molecule has 2 rings (SSSR count). The Balaban J connectivity index is 2.29. The van der Waals surface area contributed by atoms with Crippen molar-refractivity contribution in [2.45, 2.75) is 13.5 Å². The summed E-state index contributed by atoms with van der Waals surface area (Å²) in [6, 6.07) is 4.56. The Kier molecular flexibility index (Phi) is 4.02. The first-order chi connectivity index (χ1) is 9.88. The van der Waals surface area contributed by atoms with E-state index in [1.165, 1.54) is 13.0 Å². The second-order valence-corrected chi connectivity index (χ2v) is 4.89. The van der Waals surface area contributed by atoms with E-state index in [4.69, 9.17) is 0 Å². The number of Topliss-reactive ketones (excluding diaryl/α,β-unsaturated/α-hetero) is 1. The zero-order valence-corrected chi connectivity index (χ0v) is 12.1. The number of rotatable bonds is 5. The first-order valence-corrected chi connectivity index (χ1v) is 6.36. The minimum absolute atomic E-state index is 0.121. The lowest BCUT2D eigenvalue weighted by Crippen LogP contribution is -2.16. The molecular formula is C14H16N4O3. The molecule has 0 bridgehead atoms. The molecule has 1 aromatic carbocycles. The number of aryl methyl sites for hydroxylation is 1. The lowest BCUT2D eigenvalue weighted by molar-refractivity contribution is -0.385. The Bertz CT molecular complexity index is 693. The zero-order chi connectivity index (χ0) is 15.6. The summed E-state index contributed by atoms with van der Waals surface area (Å²) in [5, 5.41) is 15.0. The molecule has 0 saturated carbocycles. The van der Waals surface area contributed by atoms with Crippen LogP contribution in [-0.4, -0.2) is 27.5 Å². The second kappa shape index (κ2) is 5.74. The number of hydrogen-bond donors (Lipinski definition) is 0. The van der Waals surface area contributed by atoms with E-state index in [9.17, 15) is 14.9 Å². The van der Waals surface area contributed by atoms with Crippen molar-refractivity contribution in [2.75, 3.05) is 11.9 Å². The molecule has 21 heavy (non-hydrogen) atoms. The molecule has 0 saturated heterocycles. The number of nitro benzene ring substituents is 1. The predicted molar refractivity (Wildman–Crippen MR) is 78.4 cm³/mol. The highest BCUT2D eigenvalue weighted by molar-refractivity contribution is 5.99. The van der Waals surface area contributed by atoms with Crippen LogP contribution in [0.15, 0.2) is 30.6 Å². The van der Waals surface area contributed by atoms with E-state index < -0.39 is 4.92 Å². The van der Waals surface area contributed by atoms with E-state index in [0.717, 1.165) is 11.3 Å². The second-order valence-electron chi connectivity index (χ2n) is 4.89. The molecule has 0 aliphatic rings. The third kappa shape index (κ3) is 3.25. The quantitative estimate of drug-likeness (QED) is 0.478. The standard InChI is InChI=1S/C14H16N4O3/c1-10(19)13-6-12(4-5-14(13)18(20)21)16(2)8-11-7-15-17(3)9-11/h4-7,9H,8H2,1-3H3. The van der Waals surface area contributed by atoms with E-state index in [0.29, 0.717) is 6.54 Å². The number of benzene rings is 1. The van der Waals surface area contributed by atoms with Gasteiger partial charge in [-0.15, -0.1) is 0 Å². The Hall–Kier alpha value is -2.70. The molecule has 1 aromatic heterocycles. The van der Waals surface area contributed by atoms with Gasteiger partial charge in [-0.25, -0.2) is 0 Å². The van der Waals surface area contributed by atoms with Crippen LogP contribution >= 0.6 is 0 Å². The molecule has 0 N–H and O–H groups in total. The summed E-state index contributed by atoms with van der Waals surface area (Å²) in [4.78, 5) is 23.9. The van der Waals surface area contributed by atoms with Crippen molar-refractivity contribution in [3.05, 3.63) is 51.8 Å². The lowest BCUT2D eigenvalue weighted by atomic mass is 10.1. The highest BCUT2D eigenvalue weighted by atomic mass is 16.6. The van der Waals surface area contributed by atoms with Crippen LogP contribution in [0.2, 0.25) is 0 Å². The summed E-state index contributed by atoms with van der Waals surface area (Å²) in [5.41, 5.74) is 1.72. The van der Waals surface area contributed by atoms with Gasteiger partial charge in [-0.2, -0.15) is 5.10 Å². The maximum atomic E-state index is 11.6. The minimum atomic E-state index is -0.540. The molecule has 7 heteroatoms. The number of nitro groups is 1. The van der Waals surface area contributed by atoms with Crippen LogP contribution in [0.4, 0.5) is 11.4 Å². The fourth-order valence-corrected chi connectivity index (χ4v) is 2.12. The smallest absolute Gasteiger partial charge is 0.280 e.